The third-order valence-electron chi connectivity index (χ3n) is 7.35. The molecule has 0 N–H and O–H groups in total. The van der Waals surface area contributed by atoms with Gasteiger partial charge in [0.25, 0.3) is 0 Å². The molecule has 5 rings (SSSR count). The molecule has 0 aromatic carbocycles. The molecule has 1 aliphatic heterocycles. The summed E-state index contributed by atoms with van der Waals surface area (Å²) in [4.78, 5) is 0. The van der Waals surface area contributed by atoms with E-state index in [1.807, 2.05) is 17.8 Å². The molecule has 5 aliphatic rings. The van der Waals surface area contributed by atoms with E-state index in [2.05, 4.69) is 39.8 Å². The zero-order chi connectivity index (χ0) is 17.3. The number of allylic oxidation sites excluding steroid dienone is 12. The van der Waals surface area contributed by atoms with Gasteiger partial charge in [-0.05, 0) is 0 Å². The molecular formula is C24H30Cl2Hf. The van der Waals surface area contributed by atoms with E-state index in [1.54, 1.807) is 41.8 Å². The predicted molar refractivity (Wildman–Crippen MR) is 104 cm³/mol. The van der Waals surface area contributed by atoms with Gasteiger partial charge in [0.15, 0.2) is 0 Å². The first kappa shape index (κ1) is 21.6. The third-order valence-corrected chi connectivity index (χ3v) is 24.6. The van der Waals surface area contributed by atoms with Gasteiger partial charge in [-0.25, -0.2) is 0 Å². The maximum atomic E-state index is 2.57. The second kappa shape index (κ2) is 7.62. The molecule has 0 bridgehead atoms. The van der Waals surface area contributed by atoms with Crippen molar-refractivity contribution >= 4 is 0 Å². The largest absolute Gasteiger partial charge is 1.00 e. The van der Waals surface area contributed by atoms with Crippen LogP contribution in [0.4, 0.5) is 0 Å². The van der Waals surface area contributed by atoms with Crippen molar-refractivity contribution in [2.45, 2.75) is 74.6 Å². The van der Waals surface area contributed by atoms with E-state index in [0.717, 1.165) is 0 Å². The van der Waals surface area contributed by atoms with Gasteiger partial charge in [0, 0.05) is 0 Å². The first-order valence-corrected chi connectivity index (χ1v) is 18.9. The Labute approximate surface area is 181 Å². The second-order valence-electron chi connectivity index (χ2n) is 9.04. The van der Waals surface area contributed by atoms with Gasteiger partial charge >= 0.3 is 158 Å². The maximum Gasteiger partial charge on any atom is -1.00 e. The van der Waals surface area contributed by atoms with E-state index < -0.39 is 20.0 Å². The standard InChI is InChI=1S/2C11H13.C2H4.2ClH.Hf/c2*1-8-6-10-5-3-4-9(2)11(10)7-8;1-2;;;/h2*7H,3-5H2,1-2H3;1-2H2;2*1H;/q;;;;;+2/p-2. The molecule has 3 heteroatoms. The van der Waals surface area contributed by atoms with Crippen LogP contribution in [0.25, 0.3) is 0 Å². The summed E-state index contributed by atoms with van der Waals surface area (Å²) in [6.45, 7) is 9.63. The first-order valence-electron chi connectivity index (χ1n) is 10.3. The first-order chi connectivity index (χ1) is 12.0. The Balaban J connectivity index is 0.00000105. The molecule has 0 unspecified atom stereocenters. The molecule has 0 spiro atoms. The normalized spacial score (nSPS) is 24.4. The Bertz CT molecular complexity index is 815. The molecule has 27 heavy (non-hydrogen) atoms. The molecular weight excluding hydrogens is 538 g/mol. The van der Waals surface area contributed by atoms with Crippen molar-refractivity contribution in [3.8, 4) is 0 Å². The minimum absolute atomic E-state index is 0. The zero-order valence-electron chi connectivity index (χ0n) is 17.1. The quantitative estimate of drug-likeness (QED) is 0.443. The van der Waals surface area contributed by atoms with Gasteiger partial charge in [-0.1, -0.05) is 0 Å². The Morgan fingerprint density at radius 3 is 1.41 bits per heavy atom. The molecule has 1 saturated heterocycles. The summed E-state index contributed by atoms with van der Waals surface area (Å²) in [6.07, 6.45) is 13.2. The van der Waals surface area contributed by atoms with Gasteiger partial charge in [-0.15, -0.1) is 0 Å². The average molecular weight is 568 g/mol. The molecule has 0 nitrogen and oxygen atoms in total. The molecule has 0 amide bonds. The summed E-state index contributed by atoms with van der Waals surface area (Å²) in [5, 5.41) is 0. The molecule has 144 valence electrons. The average Bonchev–Trinajstić information content (AvgIpc) is 3.15. The SMILES string of the molecule is CC1=CC2=C(C)CCCC2=[C]1[Hf+2]1([C]2=C3CCCC(C)=C3C=C2C)[CH2][CH2]1.[Cl-].[Cl-]. The second-order valence-corrected chi connectivity index (χ2v) is 24.0. The van der Waals surface area contributed by atoms with Crippen molar-refractivity contribution < 1.29 is 44.8 Å². The summed E-state index contributed by atoms with van der Waals surface area (Å²) in [6, 6.07) is 0. The van der Waals surface area contributed by atoms with E-state index in [0.29, 0.717) is 0 Å². The van der Waals surface area contributed by atoms with Crippen LogP contribution in [0.5, 0.6) is 0 Å². The molecule has 0 aromatic heterocycles. The molecule has 0 aromatic rings. The van der Waals surface area contributed by atoms with Crippen LogP contribution in [0.1, 0.15) is 66.2 Å². The van der Waals surface area contributed by atoms with Crippen LogP contribution in [0.3, 0.4) is 0 Å². The zero-order valence-corrected chi connectivity index (χ0v) is 22.2. The van der Waals surface area contributed by atoms with Crippen LogP contribution >= 0.6 is 0 Å². The van der Waals surface area contributed by atoms with Crippen LogP contribution in [0.15, 0.2) is 63.4 Å². The van der Waals surface area contributed by atoms with Crippen LogP contribution in [-0.2, 0) is 20.0 Å². The summed E-state index contributed by atoms with van der Waals surface area (Å²) < 4.78 is 7.09. The minimum atomic E-state index is -2.51. The third kappa shape index (κ3) is 3.11. The number of fused-ring (bicyclic) bond motifs is 2. The van der Waals surface area contributed by atoms with Crippen LogP contribution in [0.2, 0.25) is 8.35 Å². The molecule has 1 fully saturated rings. The number of rotatable bonds is 2. The van der Waals surface area contributed by atoms with Crippen LogP contribution in [-0.4, -0.2) is 0 Å². The molecule has 0 radical (unpaired) electrons. The van der Waals surface area contributed by atoms with Gasteiger partial charge in [-0.2, -0.15) is 0 Å². The number of halogens is 2. The van der Waals surface area contributed by atoms with E-state index in [4.69, 9.17) is 0 Å². The summed E-state index contributed by atoms with van der Waals surface area (Å²) in [7, 11) is 0. The molecule has 0 saturated carbocycles. The fraction of sp³-hybridized carbons (Fsp3) is 0.500. The fourth-order valence-corrected chi connectivity index (χ4v) is 30.9. The van der Waals surface area contributed by atoms with Crippen molar-refractivity contribution in [3.63, 3.8) is 0 Å². The van der Waals surface area contributed by atoms with E-state index in [1.165, 1.54) is 38.5 Å². The molecule has 1 heterocycles. The molecule has 0 atom stereocenters. The Morgan fingerprint density at radius 1 is 0.630 bits per heavy atom. The van der Waals surface area contributed by atoms with Gasteiger partial charge in [0.1, 0.15) is 0 Å². The summed E-state index contributed by atoms with van der Waals surface area (Å²) >= 11 is -2.51. The van der Waals surface area contributed by atoms with E-state index >= 15 is 0 Å². The Morgan fingerprint density at radius 2 is 1.04 bits per heavy atom. The van der Waals surface area contributed by atoms with Crippen LogP contribution in [0, 0.1) is 0 Å². The smallest absolute Gasteiger partial charge is 1.00 e. The van der Waals surface area contributed by atoms with Gasteiger partial charge in [-0.3, -0.25) is 0 Å². The summed E-state index contributed by atoms with van der Waals surface area (Å²) in [5.74, 6) is 0. The van der Waals surface area contributed by atoms with Crippen LogP contribution < -0.4 is 24.8 Å². The maximum absolute atomic E-state index is 2.57. The van der Waals surface area contributed by atoms with E-state index in [9.17, 15) is 0 Å². The number of hydrogen-bond donors (Lipinski definition) is 0. The predicted octanol–water partition coefficient (Wildman–Crippen LogP) is 1.43. The monoisotopic (exact) mass is 568 g/mol. The topological polar surface area (TPSA) is 0 Å². The Kier molecular flexibility index (Phi) is 6.09. The van der Waals surface area contributed by atoms with Crippen molar-refractivity contribution in [2.75, 3.05) is 0 Å². The fourth-order valence-electron chi connectivity index (χ4n) is 6.19. The number of hydrogen-bond acceptors (Lipinski definition) is 0. The minimum Gasteiger partial charge on any atom is -1.00 e. The summed E-state index contributed by atoms with van der Waals surface area (Å²) in [5.41, 5.74) is 13.6. The Hall–Kier alpha value is -0.110. The van der Waals surface area contributed by atoms with Crippen molar-refractivity contribution in [1.29, 1.82) is 0 Å². The van der Waals surface area contributed by atoms with E-state index in [-0.39, 0.29) is 24.8 Å². The van der Waals surface area contributed by atoms with Gasteiger partial charge in [0.05, 0.1) is 0 Å². The van der Waals surface area contributed by atoms with Crippen molar-refractivity contribution in [3.05, 3.63) is 63.4 Å². The van der Waals surface area contributed by atoms with Gasteiger partial charge < -0.3 is 24.8 Å². The van der Waals surface area contributed by atoms with Crippen molar-refractivity contribution in [2.24, 2.45) is 0 Å². The van der Waals surface area contributed by atoms with Gasteiger partial charge in [0.2, 0.25) is 0 Å². The molecule has 4 aliphatic carbocycles. The van der Waals surface area contributed by atoms with Crippen molar-refractivity contribution in [1.82, 2.24) is 0 Å².